The van der Waals surface area contributed by atoms with Crippen LogP contribution in [0.2, 0.25) is 0 Å². The zero-order chi connectivity index (χ0) is 15.2. The van der Waals surface area contributed by atoms with Gasteiger partial charge in [-0.25, -0.2) is 0 Å². The van der Waals surface area contributed by atoms with Gasteiger partial charge < -0.3 is 5.32 Å². The Morgan fingerprint density at radius 3 is 2.24 bits per heavy atom. The molecule has 2 aromatic rings. The molecule has 0 heterocycles. The summed E-state index contributed by atoms with van der Waals surface area (Å²) in [5, 5.41) is 3.59. The van der Waals surface area contributed by atoms with E-state index in [-0.39, 0.29) is 6.04 Å². The Balaban J connectivity index is 2.31. The first-order valence-corrected chi connectivity index (χ1v) is 8.53. The number of rotatable bonds is 6. The molecule has 0 bridgehead atoms. The van der Waals surface area contributed by atoms with E-state index < -0.39 is 0 Å². The topological polar surface area (TPSA) is 12.0 Å². The van der Waals surface area contributed by atoms with Gasteiger partial charge in [-0.15, -0.1) is 0 Å². The molecule has 1 N–H and O–H groups in total. The van der Waals surface area contributed by atoms with E-state index in [1.54, 1.807) is 0 Å². The van der Waals surface area contributed by atoms with Crippen molar-refractivity contribution in [2.75, 3.05) is 6.54 Å². The van der Waals surface area contributed by atoms with Crippen molar-refractivity contribution in [3.8, 4) is 0 Å². The van der Waals surface area contributed by atoms with Crippen LogP contribution < -0.4 is 5.32 Å². The van der Waals surface area contributed by atoms with E-state index in [2.05, 4.69) is 84.5 Å². The lowest BCUT2D eigenvalue weighted by atomic mass is 9.96. The molecule has 0 aliphatic heterocycles. The smallest absolute Gasteiger partial charge is 0.0577 e. The van der Waals surface area contributed by atoms with Crippen LogP contribution in [0.5, 0.6) is 0 Å². The molecule has 2 aromatic carbocycles. The second-order valence-corrected chi connectivity index (χ2v) is 6.35. The van der Waals surface area contributed by atoms with Crippen LogP contribution in [0, 0.1) is 6.92 Å². The minimum Gasteiger partial charge on any atom is -0.307 e. The summed E-state index contributed by atoms with van der Waals surface area (Å²) in [6, 6.07) is 15.9. The molecule has 0 aromatic heterocycles. The van der Waals surface area contributed by atoms with Gasteiger partial charge in [0.15, 0.2) is 0 Å². The Labute approximate surface area is 136 Å². The predicted octanol–water partition coefficient (Wildman–Crippen LogP) is 5.41. The van der Waals surface area contributed by atoms with Crippen LogP contribution in [0.15, 0.2) is 46.9 Å². The fourth-order valence-electron chi connectivity index (χ4n) is 2.59. The van der Waals surface area contributed by atoms with Crippen molar-refractivity contribution in [2.45, 2.75) is 39.7 Å². The van der Waals surface area contributed by atoms with Crippen LogP contribution in [-0.2, 0) is 6.42 Å². The van der Waals surface area contributed by atoms with Crippen LogP contribution in [0.1, 0.15) is 48.6 Å². The molecule has 0 radical (unpaired) electrons. The van der Waals surface area contributed by atoms with E-state index >= 15 is 0 Å². The van der Waals surface area contributed by atoms with E-state index in [0.29, 0.717) is 0 Å². The largest absolute Gasteiger partial charge is 0.307 e. The Kier molecular flexibility index (Phi) is 6.01. The third-order valence-electron chi connectivity index (χ3n) is 3.79. The molecule has 2 rings (SSSR count). The van der Waals surface area contributed by atoms with Crippen molar-refractivity contribution in [1.82, 2.24) is 5.32 Å². The Morgan fingerprint density at radius 1 is 1.00 bits per heavy atom. The van der Waals surface area contributed by atoms with Crippen LogP contribution in [0.25, 0.3) is 0 Å². The highest BCUT2D eigenvalue weighted by molar-refractivity contribution is 9.10. The number of aryl methyl sites for hydroxylation is 2. The van der Waals surface area contributed by atoms with Crippen molar-refractivity contribution in [3.63, 3.8) is 0 Å². The third kappa shape index (κ3) is 4.18. The lowest BCUT2D eigenvalue weighted by molar-refractivity contribution is 0.630. The van der Waals surface area contributed by atoms with Gasteiger partial charge in [0.05, 0.1) is 6.04 Å². The van der Waals surface area contributed by atoms with E-state index in [0.717, 1.165) is 13.0 Å². The summed E-state index contributed by atoms with van der Waals surface area (Å²) < 4.78 is 1.17. The minimum absolute atomic E-state index is 0.252. The Hall–Kier alpha value is -1.12. The monoisotopic (exact) mass is 345 g/mol. The molecule has 2 heteroatoms. The standard InChI is InChI=1S/C19H24BrN/c1-4-6-15-8-11-16(12-9-15)19(21-5-2)17-10-7-14(3)18(20)13-17/h7-13,19,21H,4-6H2,1-3H3. The average molecular weight is 346 g/mol. The first kappa shape index (κ1) is 16.3. The highest BCUT2D eigenvalue weighted by atomic mass is 79.9. The zero-order valence-electron chi connectivity index (χ0n) is 13.1. The van der Waals surface area contributed by atoms with Gasteiger partial charge in [-0.3, -0.25) is 0 Å². The van der Waals surface area contributed by atoms with Gasteiger partial charge in [-0.2, -0.15) is 0 Å². The molecule has 0 amide bonds. The summed E-state index contributed by atoms with van der Waals surface area (Å²) in [5.74, 6) is 0. The molecule has 0 spiro atoms. The van der Waals surface area contributed by atoms with Crippen molar-refractivity contribution >= 4 is 15.9 Å². The zero-order valence-corrected chi connectivity index (χ0v) is 14.7. The molecule has 1 unspecified atom stereocenters. The number of benzene rings is 2. The SMILES string of the molecule is CCCc1ccc(C(NCC)c2ccc(C)c(Br)c2)cc1. The Bertz CT molecular complexity index is 575. The molecule has 0 aliphatic rings. The van der Waals surface area contributed by atoms with E-state index in [9.17, 15) is 0 Å². The first-order valence-electron chi connectivity index (χ1n) is 7.74. The number of hydrogen-bond acceptors (Lipinski definition) is 1. The predicted molar refractivity (Wildman–Crippen MR) is 94.8 cm³/mol. The van der Waals surface area contributed by atoms with E-state index in [1.807, 2.05) is 0 Å². The second-order valence-electron chi connectivity index (χ2n) is 5.49. The van der Waals surface area contributed by atoms with Crippen molar-refractivity contribution in [2.24, 2.45) is 0 Å². The first-order chi connectivity index (χ1) is 10.2. The number of nitrogens with one attached hydrogen (secondary N) is 1. The fourth-order valence-corrected chi connectivity index (χ4v) is 2.98. The Morgan fingerprint density at radius 2 is 1.67 bits per heavy atom. The molecule has 0 saturated heterocycles. The summed E-state index contributed by atoms with van der Waals surface area (Å²) in [5.41, 5.74) is 5.32. The summed E-state index contributed by atoms with van der Waals surface area (Å²) in [4.78, 5) is 0. The van der Waals surface area contributed by atoms with Gasteiger partial charge in [-0.1, -0.05) is 72.6 Å². The van der Waals surface area contributed by atoms with Crippen molar-refractivity contribution in [1.29, 1.82) is 0 Å². The number of hydrogen-bond donors (Lipinski definition) is 1. The molecule has 0 fully saturated rings. The highest BCUT2D eigenvalue weighted by Gasteiger charge is 2.13. The minimum atomic E-state index is 0.252. The van der Waals surface area contributed by atoms with Gasteiger partial charge in [0.25, 0.3) is 0 Å². The number of halogens is 1. The molecule has 0 aliphatic carbocycles. The third-order valence-corrected chi connectivity index (χ3v) is 4.64. The maximum Gasteiger partial charge on any atom is 0.0577 e. The maximum atomic E-state index is 3.64. The molecular formula is C19H24BrN. The molecule has 0 saturated carbocycles. The summed E-state index contributed by atoms with van der Waals surface area (Å²) in [6.07, 6.45) is 2.35. The van der Waals surface area contributed by atoms with Gasteiger partial charge in [0, 0.05) is 4.47 Å². The molecular weight excluding hydrogens is 322 g/mol. The van der Waals surface area contributed by atoms with Gasteiger partial charge in [-0.05, 0) is 48.2 Å². The van der Waals surface area contributed by atoms with Crippen LogP contribution in [0.4, 0.5) is 0 Å². The lowest BCUT2D eigenvalue weighted by Crippen LogP contribution is -2.22. The maximum absolute atomic E-state index is 3.64. The highest BCUT2D eigenvalue weighted by Crippen LogP contribution is 2.27. The second kappa shape index (κ2) is 7.77. The summed E-state index contributed by atoms with van der Waals surface area (Å²) >= 11 is 3.64. The van der Waals surface area contributed by atoms with Gasteiger partial charge in [0.1, 0.15) is 0 Å². The summed E-state index contributed by atoms with van der Waals surface area (Å²) in [6.45, 7) is 7.45. The molecule has 112 valence electrons. The van der Waals surface area contributed by atoms with Crippen LogP contribution in [0.3, 0.4) is 0 Å². The van der Waals surface area contributed by atoms with E-state index in [1.165, 1.54) is 33.1 Å². The quantitative estimate of drug-likeness (QED) is 0.737. The summed E-state index contributed by atoms with van der Waals surface area (Å²) in [7, 11) is 0. The normalized spacial score (nSPS) is 12.4. The van der Waals surface area contributed by atoms with Crippen molar-refractivity contribution < 1.29 is 0 Å². The average Bonchev–Trinajstić information content (AvgIpc) is 2.49. The fraction of sp³-hybridized carbons (Fsp3) is 0.368. The van der Waals surface area contributed by atoms with Gasteiger partial charge >= 0.3 is 0 Å². The molecule has 1 atom stereocenters. The van der Waals surface area contributed by atoms with Crippen LogP contribution in [-0.4, -0.2) is 6.54 Å². The van der Waals surface area contributed by atoms with Crippen molar-refractivity contribution in [3.05, 3.63) is 69.2 Å². The lowest BCUT2D eigenvalue weighted by Gasteiger charge is -2.20. The van der Waals surface area contributed by atoms with Gasteiger partial charge in [0.2, 0.25) is 0 Å². The molecule has 1 nitrogen and oxygen atoms in total. The van der Waals surface area contributed by atoms with Crippen LogP contribution >= 0.6 is 15.9 Å². The van der Waals surface area contributed by atoms with E-state index in [4.69, 9.17) is 0 Å². The molecule has 21 heavy (non-hydrogen) atoms.